The van der Waals surface area contributed by atoms with E-state index in [4.69, 9.17) is 4.84 Å². The van der Waals surface area contributed by atoms with Crippen molar-refractivity contribution in [3.63, 3.8) is 0 Å². The number of hydroxylamine groups is 1. The predicted molar refractivity (Wildman–Crippen MR) is 66.7 cm³/mol. The fourth-order valence-electron chi connectivity index (χ4n) is 1.34. The van der Waals surface area contributed by atoms with E-state index < -0.39 is 18.5 Å². The van der Waals surface area contributed by atoms with Gasteiger partial charge in [-0.25, -0.2) is 14.2 Å². The summed E-state index contributed by atoms with van der Waals surface area (Å²) in [6.45, 7) is 4.36. The number of halogens is 1. The van der Waals surface area contributed by atoms with E-state index in [9.17, 15) is 14.0 Å². The number of nitrogens with zero attached hydrogens (tertiary/aromatic N) is 1. The molecule has 1 aromatic rings. The van der Waals surface area contributed by atoms with Gasteiger partial charge in [0, 0.05) is 6.92 Å². The zero-order chi connectivity index (χ0) is 14.4. The first-order chi connectivity index (χ1) is 8.90. The molecular formula is C13H16FNO4. The van der Waals surface area contributed by atoms with E-state index >= 15 is 0 Å². The van der Waals surface area contributed by atoms with Gasteiger partial charge in [-0.3, -0.25) is 4.79 Å². The summed E-state index contributed by atoms with van der Waals surface area (Å²) >= 11 is 0. The minimum Gasteiger partial charge on any atom is -0.454 e. The Hall–Kier alpha value is -2.11. The van der Waals surface area contributed by atoms with Crippen molar-refractivity contribution in [2.24, 2.45) is 0 Å². The highest BCUT2D eigenvalue weighted by Gasteiger charge is 2.17. The lowest BCUT2D eigenvalue weighted by Gasteiger charge is -2.26. The monoisotopic (exact) mass is 269 g/mol. The second-order valence-corrected chi connectivity index (χ2v) is 4.14. The van der Waals surface area contributed by atoms with Crippen LogP contribution in [0.25, 0.3) is 0 Å². The third kappa shape index (κ3) is 4.95. The molecule has 0 fully saturated rings. The first-order valence-electron chi connectivity index (χ1n) is 5.79. The highest BCUT2D eigenvalue weighted by molar-refractivity contribution is 5.76. The Kier molecular flexibility index (Phi) is 5.29. The Morgan fingerprint density at radius 3 is 2.32 bits per heavy atom. The molecule has 0 amide bonds. The largest absolute Gasteiger partial charge is 0.454 e. The fourth-order valence-corrected chi connectivity index (χ4v) is 1.34. The number of esters is 1. The van der Waals surface area contributed by atoms with E-state index in [1.54, 1.807) is 0 Å². The number of carbonyl (C=O) groups is 2. The molecule has 0 aliphatic rings. The minimum atomic E-state index is -0.701. The molecule has 0 radical (unpaired) electrons. The number of rotatable bonds is 5. The molecule has 0 aromatic heterocycles. The quantitative estimate of drug-likeness (QED) is 0.605. The van der Waals surface area contributed by atoms with E-state index in [2.05, 4.69) is 4.74 Å². The third-order valence-electron chi connectivity index (χ3n) is 2.14. The molecule has 0 heterocycles. The Morgan fingerprint density at radius 1 is 1.26 bits per heavy atom. The van der Waals surface area contributed by atoms with Crippen LogP contribution in [-0.4, -0.2) is 24.6 Å². The molecule has 19 heavy (non-hydrogen) atoms. The van der Waals surface area contributed by atoms with Gasteiger partial charge in [-0.1, -0.05) is 0 Å². The highest BCUT2D eigenvalue weighted by atomic mass is 19.1. The Labute approximate surface area is 110 Å². The first-order valence-corrected chi connectivity index (χ1v) is 5.79. The third-order valence-corrected chi connectivity index (χ3v) is 2.14. The zero-order valence-corrected chi connectivity index (χ0v) is 11.1. The highest BCUT2D eigenvalue weighted by Crippen LogP contribution is 2.18. The summed E-state index contributed by atoms with van der Waals surface area (Å²) < 4.78 is 17.4. The van der Waals surface area contributed by atoms with Crippen LogP contribution in [-0.2, 0) is 19.2 Å². The first kappa shape index (κ1) is 14.9. The van der Waals surface area contributed by atoms with Crippen LogP contribution in [0.3, 0.4) is 0 Å². The van der Waals surface area contributed by atoms with Gasteiger partial charge in [0.15, 0.2) is 6.61 Å². The molecule has 0 unspecified atom stereocenters. The number of carbonyl (C=O) groups excluding carboxylic acids is 2. The van der Waals surface area contributed by atoms with Gasteiger partial charge in [-0.15, -0.1) is 0 Å². The molecule has 0 N–H and O–H groups in total. The summed E-state index contributed by atoms with van der Waals surface area (Å²) in [5.74, 6) is -1.64. The van der Waals surface area contributed by atoms with E-state index in [1.807, 2.05) is 13.8 Å². The maximum atomic E-state index is 12.8. The average molecular weight is 269 g/mol. The van der Waals surface area contributed by atoms with Crippen molar-refractivity contribution in [1.82, 2.24) is 0 Å². The fraction of sp³-hybridized carbons (Fsp3) is 0.385. The second-order valence-electron chi connectivity index (χ2n) is 4.14. The lowest BCUT2D eigenvalue weighted by Crippen LogP contribution is -2.35. The summed E-state index contributed by atoms with van der Waals surface area (Å²) in [5.41, 5.74) is 0.535. The van der Waals surface area contributed by atoms with E-state index in [0.29, 0.717) is 5.69 Å². The second kappa shape index (κ2) is 6.72. The van der Waals surface area contributed by atoms with Crippen molar-refractivity contribution in [2.75, 3.05) is 11.7 Å². The molecule has 0 bridgehead atoms. The molecule has 5 nitrogen and oxygen atoms in total. The van der Waals surface area contributed by atoms with Crippen molar-refractivity contribution in [3.05, 3.63) is 30.1 Å². The van der Waals surface area contributed by atoms with Gasteiger partial charge in [0.2, 0.25) is 0 Å². The smallest absolute Gasteiger partial charge is 0.369 e. The van der Waals surface area contributed by atoms with Crippen LogP contribution in [0.4, 0.5) is 10.1 Å². The molecule has 0 aliphatic heterocycles. The molecule has 104 valence electrons. The van der Waals surface area contributed by atoms with Crippen LogP contribution in [0, 0.1) is 5.82 Å². The average Bonchev–Trinajstić information content (AvgIpc) is 2.34. The molecule has 1 aromatic carbocycles. The van der Waals surface area contributed by atoms with Crippen LogP contribution in [0.5, 0.6) is 0 Å². The van der Waals surface area contributed by atoms with Crippen LogP contribution in [0.15, 0.2) is 24.3 Å². The van der Waals surface area contributed by atoms with E-state index in [-0.39, 0.29) is 11.9 Å². The number of anilines is 1. The van der Waals surface area contributed by atoms with Crippen molar-refractivity contribution in [3.8, 4) is 0 Å². The molecule has 0 saturated heterocycles. The lowest BCUT2D eigenvalue weighted by atomic mass is 10.2. The molecule has 0 aliphatic carbocycles. The molecule has 1 rings (SSSR count). The van der Waals surface area contributed by atoms with Gasteiger partial charge in [0.1, 0.15) is 5.82 Å². The molecule has 0 atom stereocenters. The van der Waals surface area contributed by atoms with Crippen molar-refractivity contribution >= 4 is 17.6 Å². The summed E-state index contributed by atoms with van der Waals surface area (Å²) in [7, 11) is 0. The number of hydrogen-bond donors (Lipinski definition) is 0. The maximum absolute atomic E-state index is 12.8. The molecule has 0 spiro atoms. The van der Waals surface area contributed by atoms with Gasteiger partial charge < -0.3 is 9.57 Å². The van der Waals surface area contributed by atoms with Crippen LogP contribution in [0.1, 0.15) is 20.8 Å². The van der Waals surface area contributed by atoms with Gasteiger partial charge >= 0.3 is 11.9 Å². The summed E-state index contributed by atoms with van der Waals surface area (Å²) in [4.78, 5) is 27.2. The van der Waals surface area contributed by atoms with Crippen LogP contribution in [0.2, 0.25) is 0 Å². The van der Waals surface area contributed by atoms with Gasteiger partial charge in [0.05, 0.1) is 11.7 Å². The van der Waals surface area contributed by atoms with Gasteiger partial charge in [-0.05, 0) is 38.1 Å². The van der Waals surface area contributed by atoms with E-state index in [0.717, 1.165) is 0 Å². The Bertz CT molecular complexity index is 444. The van der Waals surface area contributed by atoms with Crippen molar-refractivity contribution in [2.45, 2.75) is 26.8 Å². The summed E-state index contributed by atoms with van der Waals surface area (Å²) in [6, 6.07) is 5.38. The summed E-state index contributed by atoms with van der Waals surface area (Å²) in [6.07, 6.45) is 0. The van der Waals surface area contributed by atoms with Crippen LogP contribution < -0.4 is 5.06 Å². The standard InChI is InChI=1S/C13H16FNO4/c1-9(2)15(12-6-4-11(14)5-7-12)19-13(17)8-18-10(3)16/h4-7,9H,8H2,1-3H3. The number of benzene rings is 1. The van der Waals surface area contributed by atoms with E-state index in [1.165, 1.54) is 36.3 Å². The number of ether oxygens (including phenoxy) is 1. The topological polar surface area (TPSA) is 55.8 Å². The number of hydrogen-bond acceptors (Lipinski definition) is 5. The van der Waals surface area contributed by atoms with Gasteiger partial charge in [0.25, 0.3) is 0 Å². The summed E-state index contributed by atoms with van der Waals surface area (Å²) in [5, 5.41) is 1.32. The van der Waals surface area contributed by atoms with Crippen LogP contribution >= 0.6 is 0 Å². The zero-order valence-electron chi connectivity index (χ0n) is 11.1. The Balaban J connectivity index is 2.70. The lowest BCUT2D eigenvalue weighted by molar-refractivity contribution is -0.159. The minimum absolute atomic E-state index is 0.147. The van der Waals surface area contributed by atoms with Gasteiger partial charge in [-0.2, -0.15) is 0 Å². The normalized spacial score (nSPS) is 10.2. The maximum Gasteiger partial charge on any atom is 0.369 e. The molecule has 0 saturated carbocycles. The predicted octanol–water partition coefficient (Wildman–Crippen LogP) is 2.06. The van der Waals surface area contributed by atoms with Crippen molar-refractivity contribution in [1.29, 1.82) is 0 Å². The van der Waals surface area contributed by atoms with Crippen molar-refractivity contribution < 1.29 is 23.6 Å². The SMILES string of the molecule is CC(=O)OCC(=O)ON(c1ccc(F)cc1)C(C)C. The molecule has 6 heteroatoms. The molecular weight excluding hydrogens is 253 g/mol. The Morgan fingerprint density at radius 2 is 1.84 bits per heavy atom.